The van der Waals surface area contributed by atoms with Crippen LogP contribution in [0.5, 0.6) is 0 Å². The third-order valence-corrected chi connectivity index (χ3v) is 2.03. The van der Waals surface area contributed by atoms with Gasteiger partial charge in [0.15, 0.2) is 5.78 Å². The summed E-state index contributed by atoms with van der Waals surface area (Å²) in [5, 5.41) is 2.78. The molecule has 0 aliphatic carbocycles. The molecule has 1 rings (SSSR count). The zero-order valence-electron chi connectivity index (χ0n) is 8.38. The van der Waals surface area contributed by atoms with E-state index in [-0.39, 0.29) is 5.78 Å². The van der Waals surface area contributed by atoms with E-state index < -0.39 is 6.17 Å². The zero-order chi connectivity index (χ0) is 10.6. The van der Waals surface area contributed by atoms with Crippen LogP contribution in [-0.4, -0.2) is 19.4 Å². The molecule has 1 aromatic carbocycles. The molecule has 1 aromatic rings. The van der Waals surface area contributed by atoms with Crippen LogP contribution in [0.15, 0.2) is 24.3 Å². The molecule has 0 aromatic heterocycles. The number of carbonyl (C=O) groups is 1. The van der Waals surface area contributed by atoms with E-state index in [4.69, 9.17) is 0 Å². The van der Waals surface area contributed by atoms with Gasteiger partial charge in [0.05, 0.1) is 6.54 Å². The fourth-order valence-electron chi connectivity index (χ4n) is 1.20. The second-order valence-electron chi connectivity index (χ2n) is 3.19. The molecule has 0 spiro atoms. The number of alkyl halides is 1. The molecular formula is C11H14FNO. The van der Waals surface area contributed by atoms with E-state index in [0.29, 0.717) is 17.7 Å². The van der Waals surface area contributed by atoms with Crippen LogP contribution in [0.25, 0.3) is 0 Å². The molecule has 0 amide bonds. The zero-order valence-corrected chi connectivity index (χ0v) is 8.38. The second kappa shape index (κ2) is 4.86. The van der Waals surface area contributed by atoms with Crippen LogP contribution in [0.4, 0.5) is 4.39 Å². The lowest BCUT2D eigenvalue weighted by atomic mass is 10.1. The fraction of sp³-hybridized carbons (Fsp3) is 0.364. The minimum absolute atomic E-state index is 0.0190. The summed E-state index contributed by atoms with van der Waals surface area (Å²) in [5.41, 5.74) is 1.22. The first-order valence-corrected chi connectivity index (χ1v) is 4.57. The Morgan fingerprint density at radius 1 is 1.43 bits per heavy atom. The molecule has 1 N–H and O–H groups in total. The molecule has 2 nitrogen and oxygen atoms in total. The van der Waals surface area contributed by atoms with Crippen molar-refractivity contribution in [2.45, 2.75) is 13.1 Å². The number of benzene rings is 1. The van der Waals surface area contributed by atoms with Gasteiger partial charge in [-0.2, -0.15) is 0 Å². The molecule has 0 aliphatic rings. The molecule has 14 heavy (non-hydrogen) atoms. The first-order valence-electron chi connectivity index (χ1n) is 4.57. The number of hydrogen-bond donors (Lipinski definition) is 1. The molecule has 0 heterocycles. The van der Waals surface area contributed by atoms with E-state index in [9.17, 15) is 9.18 Å². The summed E-state index contributed by atoms with van der Waals surface area (Å²) in [6, 6.07) is 6.61. The normalized spacial score (nSPS) is 12.5. The van der Waals surface area contributed by atoms with Crippen molar-refractivity contribution in [1.29, 1.82) is 0 Å². The Kier molecular flexibility index (Phi) is 3.77. The lowest BCUT2D eigenvalue weighted by Crippen LogP contribution is -2.18. The quantitative estimate of drug-likeness (QED) is 0.745. The van der Waals surface area contributed by atoms with E-state index in [1.807, 2.05) is 0 Å². The Bertz CT molecular complexity index is 306. The lowest BCUT2D eigenvalue weighted by Gasteiger charge is -2.03. The highest BCUT2D eigenvalue weighted by Gasteiger charge is 2.06. The van der Waals surface area contributed by atoms with Gasteiger partial charge in [-0.15, -0.1) is 0 Å². The van der Waals surface area contributed by atoms with E-state index in [2.05, 4.69) is 5.32 Å². The predicted octanol–water partition coefficient (Wildman–Crippen LogP) is 2.12. The van der Waals surface area contributed by atoms with Crippen LogP contribution in [-0.2, 0) is 0 Å². The van der Waals surface area contributed by atoms with E-state index in [1.54, 1.807) is 31.3 Å². The van der Waals surface area contributed by atoms with Gasteiger partial charge in [0, 0.05) is 5.56 Å². The average molecular weight is 195 g/mol. The molecule has 0 fully saturated rings. The summed E-state index contributed by atoms with van der Waals surface area (Å²) in [4.78, 5) is 11.4. The highest BCUT2D eigenvalue weighted by atomic mass is 19.1. The minimum Gasteiger partial charge on any atom is -0.313 e. The van der Waals surface area contributed by atoms with Gasteiger partial charge < -0.3 is 5.32 Å². The monoisotopic (exact) mass is 195 g/mol. The maximum Gasteiger partial charge on any atom is 0.176 e. The summed E-state index contributed by atoms with van der Waals surface area (Å²) in [7, 11) is 1.72. The second-order valence-corrected chi connectivity index (χ2v) is 3.19. The Labute approximate surface area is 83.1 Å². The number of halogens is 1. The molecule has 0 bridgehead atoms. The van der Waals surface area contributed by atoms with Crippen molar-refractivity contribution < 1.29 is 9.18 Å². The predicted molar refractivity (Wildman–Crippen MR) is 54.2 cm³/mol. The molecule has 76 valence electrons. The summed E-state index contributed by atoms with van der Waals surface area (Å²) in [5.74, 6) is 0.0190. The Morgan fingerprint density at radius 3 is 2.43 bits per heavy atom. The van der Waals surface area contributed by atoms with Gasteiger partial charge in [-0.1, -0.05) is 24.3 Å². The summed E-state index contributed by atoms with van der Waals surface area (Å²) in [6.07, 6.45) is -0.983. The molecule has 3 heteroatoms. The van der Waals surface area contributed by atoms with Crippen molar-refractivity contribution in [1.82, 2.24) is 5.32 Å². The number of hydrogen-bond acceptors (Lipinski definition) is 2. The Hall–Kier alpha value is -1.22. The SMILES string of the molecule is CNCC(=O)c1ccc(C(C)F)cc1. The number of rotatable bonds is 4. The van der Waals surface area contributed by atoms with Gasteiger partial charge in [0.2, 0.25) is 0 Å². The Morgan fingerprint density at radius 2 is 2.00 bits per heavy atom. The van der Waals surface area contributed by atoms with Gasteiger partial charge in [0.1, 0.15) is 6.17 Å². The maximum atomic E-state index is 12.8. The fourth-order valence-corrected chi connectivity index (χ4v) is 1.20. The smallest absolute Gasteiger partial charge is 0.176 e. The average Bonchev–Trinajstić information content (AvgIpc) is 2.18. The van der Waals surface area contributed by atoms with Crippen LogP contribution in [0.1, 0.15) is 29.0 Å². The van der Waals surface area contributed by atoms with Crippen LogP contribution in [0.2, 0.25) is 0 Å². The summed E-state index contributed by atoms with van der Waals surface area (Å²) in [6.45, 7) is 1.79. The van der Waals surface area contributed by atoms with Crippen molar-refractivity contribution in [3.63, 3.8) is 0 Å². The first kappa shape index (κ1) is 10.9. The third-order valence-electron chi connectivity index (χ3n) is 2.03. The van der Waals surface area contributed by atoms with E-state index >= 15 is 0 Å². The summed E-state index contributed by atoms with van der Waals surface area (Å²) >= 11 is 0. The van der Waals surface area contributed by atoms with E-state index in [1.165, 1.54) is 6.92 Å². The standard InChI is InChI=1S/C11H14FNO/c1-8(12)9-3-5-10(6-4-9)11(14)7-13-2/h3-6,8,13H,7H2,1-2H3. The van der Waals surface area contributed by atoms with Crippen molar-refractivity contribution in [2.24, 2.45) is 0 Å². The number of likely N-dealkylation sites (N-methyl/N-ethyl adjacent to an activating group) is 1. The number of ketones is 1. The van der Waals surface area contributed by atoms with Gasteiger partial charge >= 0.3 is 0 Å². The molecule has 1 unspecified atom stereocenters. The lowest BCUT2D eigenvalue weighted by molar-refractivity contribution is 0.0993. The third kappa shape index (κ3) is 2.64. The van der Waals surface area contributed by atoms with Gasteiger partial charge in [0.25, 0.3) is 0 Å². The van der Waals surface area contributed by atoms with Crippen molar-refractivity contribution in [3.05, 3.63) is 35.4 Å². The largest absolute Gasteiger partial charge is 0.313 e. The molecule has 0 radical (unpaired) electrons. The number of carbonyl (C=O) groups excluding carboxylic acids is 1. The molecule has 1 atom stereocenters. The van der Waals surface area contributed by atoms with Crippen LogP contribution in [0, 0.1) is 0 Å². The maximum absolute atomic E-state index is 12.8. The van der Waals surface area contributed by atoms with Crippen molar-refractivity contribution in [3.8, 4) is 0 Å². The number of nitrogens with one attached hydrogen (secondary N) is 1. The van der Waals surface area contributed by atoms with Crippen molar-refractivity contribution in [2.75, 3.05) is 13.6 Å². The van der Waals surface area contributed by atoms with Crippen LogP contribution < -0.4 is 5.32 Å². The topological polar surface area (TPSA) is 29.1 Å². The van der Waals surface area contributed by atoms with E-state index in [0.717, 1.165) is 0 Å². The molecule has 0 saturated carbocycles. The van der Waals surface area contributed by atoms with Crippen molar-refractivity contribution >= 4 is 5.78 Å². The highest BCUT2D eigenvalue weighted by molar-refractivity contribution is 5.97. The van der Waals surface area contributed by atoms with Gasteiger partial charge in [-0.05, 0) is 19.5 Å². The Balaban J connectivity index is 2.78. The first-order chi connectivity index (χ1) is 6.65. The van der Waals surface area contributed by atoms with Crippen LogP contribution in [0.3, 0.4) is 0 Å². The highest BCUT2D eigenvalue weighted by Crippen LogP contribution is 2.16. The van der Waals surface area contributed by atoms with Gasteiger partial charge in [-0.3, -0.25) is 4.79 Å². The summed E-state index contributed by atoms with van der Waals surface area (Å²) < 4.78 is 12.8. The number of Topliss-reactive ketones (excluding diaryl/α,β-unsaturated/α-hetero) is 1. The molecule has 0 saturated heterocycles. The van der Waals surface area contributed by atoms with Gasteiger partial charge in [-0.25, -0.2) is 4.39 Å². The molecular weight excluding hydrogens is 181 g/mol. The minimum atomic E-state index is -0.983. The molecule has 0 aliphatic heterocycles. The van der Waals surface area contributed by atoms with Crippen LogP contribution >= 0.6 is 0 Å².